The number of halogens is 1. The standard InChI is InChI=1S/C23H24FNO6/c1-29-20-11-16-9-10-25(13-17(16)12-21(20)30-2)22(27)14-31-23(28)8-7-19(26)15-3-5-18(24)6-4-15/h3-6,11-12H,7-10,13-14H2,1-2H3. The van der Waals surface area contributed by atoms with E-state index in [9.17, 15) is 18.8 Å². The van der Waals surface area contributed by atoms with Gasteiger partial charge in [0.15, 0.2) is 23.9 Å². The largest absolute Gasteiger partial charge is 0.493 e. The van der Waals surface area contributed by atoms with Crippen molar-refractivity contribution in [1.82, 2.24) is 4.90 Å². The van der Waals surface area contributed by atoms with E-state index in [0.29, 0.717) is 36.6 Å². The number of carbonyl (C=O) groups excluding carboxylic acids is 3. The van der Waals surface area contributed by atoms with Crippen molar-refractivity contribution in [2.45, 2.75) is 25.8 Å². The number of hydrogen-bond acceptors (Lipinski definition) is 6. The van der Waals surface area contributed by atoms with Crippen molar-refractivity contribution in [1.29, 1.82) is 0 Å². The fourth-order valence-corrected chi connectivity index (χ4v) is 3.40. The zero-order valence-corrected chi connectivity index (χ0v) is 17.5. The summed E-state index contributed by atoms with van der Waals surface area (Å²) in [6.45, 7) is 0.503. The zero-order chi connectivity index (χ0) is 22.4. The maximum atomic E-state index is 12.9. The molecule has 1 aliphatic rings. The van der Waals surface area contributed by atoms with E-state index in [1.54, 1.807) is 19.1 Å². The van der Waals surface area contributed by atoms with Gasteiger partial charge in [0.1, 0.15) is 5.82 Å². The minimum Gasteiger partial charge on any atom is -0.493 e. The number of benzene rings is 2. The number of carbonyl (C=O) groups is 3. The predicted molar refractivity (Wildman–Crippen MR) is 110 cm³/mol. The minimum absolute atomic E-state index is 0.0721. The van der Waals surface area contributed by atoms with Crippen LogP contribution in [0.1, 0.15) is 34.3 Å². The first-order valence-electron chi connectivity index (χ1n) is 9.87. The summed E-state index contributed by atoms with van der Waals surface area (Å²) in [5, 5.41) is 0. The number of rotatable bonds is 8. The molecule has 3 rings (SSSR count). The summed E-state index contributed by atoms with van der Waals surface area (Å²) in [6.07, 6.45) is 0.433. The molecule has 0 saturated carbocycles. The van der Waals surface area contributed by atoms with Gasteiger partial charge in [-0.25, -0.2) is 4.39 Å². The SMILES string of the molecule is COc1cc2c(cc1OC)CN(C(=O)COC(=O)CCC(=O)c1ccc(F)cc1)CC2. The van der Waals surface area contributed by atoms with E-state index >= 15 is 0 Å². The Bertz CT molecular complexity index is 973. The first-order chi connectivity index (χ1) is 14.9. The number of Topliss-reactive ketones (excluding diaryl/α,β-unsaturated/α-hetero) is 1. The third-order valence-electron chi connectivity index (χ3n) is 5.15. The lowest BCUT2D eigenvalue weighted by molar-refractivity contribution is -0.152. The van der Waals surface area contributed by atoms with Crippen LogP contribution < -0.4 is 9.47 Å². The molecule has 0 unspecified atom stereocenters. The van der Waals surface area contributed by atoms with Crippen LogP contribution in [0.2, 0.25) is 0 Å². The maximum Gasteiger partial charge on any atom is 0.306 e. The molecule has 0 radical (unpaired) electrons. The van der Waals surface area contributed by atoms with Gasteiger partial charge in [0.2, 0.25) is 0 Å². The number of ketones is 1. The number of nitrogens with zero attached hydrogens (tertiary/aromatic N) is 1. The molecule has 0 aliphatic carbocycles. The Hall–Kier alpha value is -3.42. The van der Waals surface area contributed by atoms with Crippen molar-refractivity contribution in [2.75, 3.05) is 27.4 Å². The lowest BCUT2D eigenvalue weighted by Crippen LogP contribution is -2.38. The molecule has 0 saturated heterocycles. The molecule has 0 N–H and O–H groups in total. The highest BCUT2D eigenvalue weighted by atomic mass is 19.1. The summed E-state index contributed by atoms with van der Waals surface area (Å²) >= 11 is 0. The van der Waals surface area contributed by atoms with Gasteiger partial charge in [-0.3, -0.25) is 14.4 Å². The average Bonchev–Trinajstić information content (AvgIpc) is 2.79. The molecule has 2 aromatic carbocycles. The number of methoxy groups -OCH3 is 2. The Labute approximate surface area is 179 Å². The fraction of sp³-hybridized carbons (Fsp3) is 0.348. The van der Waals surface area contributed by atoms with Crippen LogP contribution >= 0.6 is 0 Å². The molecular formula is C23H24FNO6. The number of ether oxygens (including phenoxy) is 3. The van der Waals surface area contributed by atoms with Crippen molar-refractivity contribution in [3.8, 4) is 11.5 Å². The molecule has 8 heteroatoms. The summed E-state index contributed by atoms with van der Waals surface area (Å²) < 4.78 is 28.6. The van der Waals surface area contributed by atoms with Gasteiger partial charge in [0, 0.05) is 25.1 Å². The molecular weight excluding hydrogens is 405 g/mol. The number of hydrogen-bond donors (Lipinski definition) is 0. The molecule has 0 atom stereocenters. The van der Waals surface area contributed by atoms with E-state index in [-0.39, 0.29) is 31.1 Å². The quantitative estimate of drug-likeness (QED) is 0.474. The molecule has 0 bridgehead atoms. The Morgan fingerprint density at radius 3 is 2.26 bits per heavy atom. The summed E-state index contributed by atoms with van der Waals surface area (Å²) in [7, 11) is 3.13. The first-order valence-corrected chi connectivity index (χ1v) is 9.87. The Morgan fingerprint density at radius 1 is 0.968 bits per heavy atom. The van der Waals surface area contributed by atoms with E-state index in [1.165, 1.54) is 24.3 Å². The third-order valence-corrected chi connectivity index (χ3v) is 5.15. The normalized spacial score (nSPS) is 12.7. The Kier molecular flexibility index (Phi) is 7.23. The second-order valence-electron chi connectivity index (χ2n) is 7.13. The molecule has 7 nitrogen and oxygen atoms in total. The van der Waals surface area contributed by atoms with E-state index in [4.69, 9.17) is 14.2 Å². The number of amides is 1. The van der Waals surface area contributed by atoms with E-state index in [2.05, 4.69) is 0 Å². The molecule has 0 fully saturated rings. The number of esters is 1. The van der Waals surface area contributed by atoms with Crippen molar-refractivity contribution < 1.29 is 33.0 Å². The van der Waals surface area contributed by atoms with Gasteiger partial charge in [-0.1, -0.05) is 0 Å². The van der Waals surface area contributed by atoms with Crippen molar-refractivity contribution in [3.05, 3.63) is 58.9 Å². The first kappa shape index (κ1) is 22.3. The van der Waals surface area contributed by atoms with Gasteiger partial charge in [0.05, 0.1) is 20.6 Å². The van der Waals surface area contributed by atoms with E-state index in [0.717, 1.165) is 11.1 Å². The monoisotopic (exact) mass is 429 g/mol. The van der Waals surface area contributed by atoms with Gasteiger partial charge in [0.25, 0.3) is 5.91 Å². The molecule has 164 valence electrons. The molecule has 31 heavy (non-hydrogen) atoms. The minimum atomic E-state index is -0.632. The molecule has 1 aliphatic heterocycles. The highest BCUT2D eigenvalue weighted by Crippen LogP contribution is 2.33. The summed E-state index contributed by atoms with van der Waals surface area (Å²) in [6, 6.07) is 8.87. The lowest BCUT2D eigenvalue weighted by Gasteiger charge is -2.29. The second kappa shape index (κ2) is 10.1. The molecule has 1 amide bonds. The van der Waals surface area contributed by atoms with Crippen LogP contribution in [0, 0.1) is 5.82 Å². The van der Waals surface area contributed by atoms with E-state index in [1.807, 2.05) is 12.1 Å². The smallest absolute Gasteiger partial charge is 0.306 e. The van der Waals surface area contributed by atoms with Crippen LogP contribution in [-0.2, 0) is 27.3 Å². The van der Waals surface area contributed by atoms with Crippen molar-refractivity contribution in [3.63, 3.8) is 0 Å². The average molecular weight is 429 g/mol. The molecule has 0 aromatic heterocycles. The van der Waals surface area contributed by atoms with Gasteiger partial charge in [-0.05, 0) is 53.9 Å². The zero-order valence-electron chi connectivity index (χ0n) is 17.5. The van der Waals surface area contributed by atoms with Gasteiger partial charge >= 0.3 is 5.97 Å². The van der Waals surface area contributed by atoms with Gasteiger partial charge in [-0.2, -0.15) is 0 Å². The Balaban J connectivity index is 1.48. The van der Waals surface area contributed by atoms with Crippen LogP contribution in [0.25, 0.3) is 0 Å². The predicted octanol–water partition coefficient (Wildman–Crippen LogP) is 2.93. The highest BCUT2D eigenvalue weighted by molar-refractivity contribution is 5.97. The topological polar surface area (TPSA) is 82.1 Å². The van der Waals surface area contributed by atoms with Crippen LogP contribution in [-0.4, -0.2) is 49.9 Å². The van der Waals surface area contributed by atoms with Crippen molar-refractivity contribution in [2.24, 2.45) is 0 Å². The molecule has 0 spiro atoms. The van der Waals surface area contributed by atoms with Crippen LogP contribution in [0.15, 0.2) is 36.4 Å². The van der Waals surface area contributed by atoms with Crippen LogP contribution in [0.3, 0.4) is 0 Å². The highest BCUT2D eigenvalue weighted by Gasteiger charge is 2.23. The van der Waals surface area contributed by atoms with E-state index < -0.39 is 11.8 Å². The third kappa shape index (κ3) is 5.59. The van der Waals surface area contributed by atoms with Crippen molar-refractivity contribution >= 4 is 17.7 Å². The van der Waals surface area contributed by atoms with Gasteiger partial charge in [-0.15, -0.1) is 0 Å². The maximum absolute atomic E-state index is 12.9. The summed E-state index contributed by atoms with van der Waals surface area (Å²) in [5.74, 6) is -0.433. The number of fused-ring (bicyclic) bond motifs is 1. The molecule has 2 aromatic rings. The Morgan fingerprint density at radius 2 is 1.61 bits per heavy atom. The summed E-state index contributed by atoms with van der Waals surface area (Å²) in [4.78, 5) is 38.1. The second-order valence-corrected chi connectivity index (χ2v) is 7.13. The van der Waals surface area contributed by atoms with Gasteiger partial charge < -0.3 is 19.1 Å². The lowest BCUT2D eigenvalue weighted by atomic mass is 9.99. The summed E-state index contributed by atoms with van der Waals surface area (Å²) in [5.41, 5.74) is 2.36. The molecule has 1 heterocycles. The van der Waals surface area contributed by atoms with Crippen LogP contribution in [0.4, 0.5) is 4.39 Å². The fourth-order valence-electron chi connectivity index (χ4n) is 3.40. The van der Waals surface area contributed by atoms with Crippen LogP contribution in [0.5, 0.6) is 11.5 Å².